The lowest BCUT2D eigenvalue weighted by Crippen LogP contribution is -2.39. The Morgan fingerprint density at radius 3 is 2.26 bits per heavy atom. The van der Waals surface area contributed by atoms with Crippen LogP contribution >= 0.6 is 15.9 Å². The number of nitrogens with one attached hydrogen (secondary N) is 2. The number of hydrogen-bond acceptors (Lipinski definition) is 4. The quantitative estimate of drug-likeness (QED) is 0.281. The highest BCUT2D eigenvalue weighted by Crippen LogP contribution is 2.27. The van der Waals surface area contributed by atoms with E-state index < -0.39 is 39.5 Å². The first-order valence-electron chi connectivity index (χ1n) is 12.4. The van der Waals surface area contributed by atoms with Crippen LogP contribution in [0.2, 0.25) is 0 Å². The van der Waals surface area contributed by atoms with Crippen LogP contribution in [0, 0.1) is 17.6 Å². The number of benzene rings is 3. The molecule has 11 heteroatoms. The molecule has 1 aliphatic rings. The molecule has 0 saturated carbocycles. The van der Waals surface area contributed by atoms with Gasteiger partial charge in [0.2, 0.25) is 10.0 Å². The average molecular weight is 621 g/mol. The van der Waals surface area contributed by atoms with Crippen LogP contribution < -0.4 is 10.6 Å². The molecule has 0 radical (unpaired) electrons. The Hall–Kier alpha value is -3.15. The first-order valence-corrected chi connectivity index (χ1v) is 14.7. The fourth-order valence-electron chi connectivity index (χ4n) is 4.56. The molecule has 2 N–H and O–H groups in total. The zero-order valence-electron chi connectivity index (χ0n) is 21.2. The van der Waals surface area contributed by atoms with Crippen molar-refractivity contribution in [3.8, 4) is 0 Å². The summed E-state index contributed by atoms with van der Waals surface area (Å²) in [6.45, 7) is 2.28. The van der Waals surface area contributed by atoms with Crippen molar-refractivity contribution in [1.29, 1.82) is 0 Å². The Morgan fingerprint density at radius 1 is 0.974 bits per heavy atom. The Labute approximate surface area is 234 Å². The Kier molecular flexibility index (Phi) is 9.14. The van der Waals surface area contributed by atoms with E-state index in [0.717, 1.165) is 31.4 Å². The molecule has 2 amide bonds. The summed E-state index contributed by atoms with van der Waals surface area (Å²) in [5.41, 5.74) is 1.34. The van der Waals surface area contributed by atoms with Crippen LogP contribution in [-0.2, 0) is 26.0 Å². The van der Waals surface area contributed by atoms with Gasteiger partial charge in [-0.25, -0.2) is 17.2 Å². The van der Waals surface area contributed by atoms with Crippen molar-refractivity contribution in [3.05, 3.63) is 94.0 Å². The number of halogens is 3. The normalized spacial score (nSPS) is 15.5. The van der Waals surface area contributed by atoms with Crippen molar-refractivity contribution in [1.82, 2.24) is 9.62 Å². The summed E-state index contributed by atoms with van der Waals surface area (Å²) >= 11 is 2.89. The molecule has 39 heavy (non-hydrogen) atoms. The van der Waals surface area contributed by atoms with E-state index in [0.29, 0.717) is 19.0 Å². The zero-order chi connectivity index (χ0) is 28.2. The summed E-state index contributed by atoms with van der Waals surface area (Å²) in [5.74, 6) is -3.11. The van der Waals surface area contributed by atoms with E-state index >= 15 is 0 Å². The lowest BCUT2D eigenvalue weighted by Gasteiger charge is -2.31. The number of carbonyl (C=O) groups excluding carboxylic acids is 2. The fourth-order valence-corrected chi connectivity index (χ4v) is 6.34. The number of hydrogen-bond donors (Lipinski definition) is 2. The van der Waals surface area contributed by atoms with Crippen LogP contribution in [0.5, 0.6) is 0 Å². The molecule has 7 nitrogen and oxygen atoms in total. The fraction of sp³-hybridized carbons (Fsp3) is 0.286. The number of anilines is 1. The molecule has 3 aromatic rings. The molecule has 1 aliphatic heterocycles. The molecule has 0 bridgehead atoms. The largest absolute Gasteiger partial charge is 0.341 e. The molecule has 206 valence electrons. The maximum absolute atomic E-state index is 14.2. The molecule has 1 saturated heterocycles. The van der Waals surface area contributed by atoms with Crippen LogP contribution in [0.1, 0.15) is 36.9 Å². The van der Waals surface area contributed by atoms with Gasteiger partial charge in [0, 0.05) is 24.3 Å². The average Bonchev–Trinajstić information content (AvgIpc) is 2.92. The van der Waals surface area contributed by atoms with Crippen molar-refractivity contribution in [3.63, 3.8) is 0 Å². The van der Waals surface area contributed by atoms with Crippen LogP contribution in [0.4, 0.5) is 14.5 Å². The maximum Gasteiger partial charge on any atom is 0.313 e. The molecule has 0 aliphatic carbocycles. The lowest BCUT2D eigenvalue weighted by molar-refractivity contribution is -0.136. The van der Waals surface area contributed by atoms with Gasteiger partial charge in [-0.15, -0.1) is 0 Å². The summed E-state index contributed by atoms with van der Waals surface area (Å²) in [7, 11) is -3.71. The molecule has 1 atom stereocenters. The van der Waals surface area contributed by atoms with E-state index in [9.17, 15) is 26.8 Å². The first-order chi connectivity index (χ1) is 18.5. The van der Waals surface area contributed by atoms with Crippen molar-refractivity contribution in [2.45, 2.75) is 37.1 Å². The topological polar surface area (TPSA) is 95.6 Å². The first kappa shape index (κ1) is 28.8. The van der Waals surface area contributed by atoms with Gasteiger partial charge in [0.15, 0.2) is 0 Å². The minimum atomic E-state index is -3.71. The number of nitrogens with zero attached hydrogens (tertiary/aromatic N) is 1. The van der Waals surface area contributed by atoms with Crippen molar-refractivity contribution in [2.75, 3.05) is 18.4 Å². The van der Waals surface area contributed by atoms with Crippen LogP contribution in [-0.4, -0.2) is 37.6 Å². The van der Waals surface area contributed by atoms with Crippen LogP contribution in [0.25, 0.3) is 0 Å². The summed E-state index contributed by atoms with van der Waals surface area (Å²) in [5, 5.41) is 4.71. The summed E-state index contributed by atoms with van der Waals surface area (Å²) in [4.78, 5) is 24.8. The van der Waals surface area contributed by atoms with Gasteiger partial charge in [-0.1, -0.05) is 30.3 Å². The van der Waals surface area contributed by atoms with Crippen LogP contribution in [0.15, 0.2) is 76.1 Å². The molecule has 1 heterocycles. The van der Waals surface area contributed by atoms with Gasteiger partial charge in [-0.2, -0.15) is 4.31 Å². The summed E-state index contributed by atoms with van der Waals surface area (Å²) in [6, 6.07) is 16.6. The molecular formula is C28H28BrF2N3O4S. The second kappa shape index (κ2) is 12.4. The van der Waals surface area contributed by atoms with Crippen molar-refractivity contribution >= 4 is 43.5 Å². The minimum absolute atomic E-state index is 0.0574. The Balaban J connectivity index is 1.31. The molecule has 0 aromatic heterocycles. The van der Waals surface area contributed by atoms with Gasteiger partial charge in [-0.3, -0.25) is 9.59 Å². The number of rotatable bonds is 7. The van der Waals surface area contributed by atoms with E-state index in [1.165, 1.54) is 41.1 Å². The predicted octanol–water partition coefficient (Wildman–Crippen LogP) is 5.19. The van der Waals surface area contributed by atoms with E-state index in [2.05, 4.69) is 38.7 Å². The molecule has 1 fully saturated rings. The third-order valence-electron chi connectivity index (χ3n) is 6.75. The maximum atomic E-state index is 14.2. The van der Waals surface area contributed by atoms with Gasteiger partial charge in [0.1, 0.15) is 11.6 Å². The molecule has 3 aromatic carbocycles. The molecule has 0 spiro atoms. The van der Waals surface area contributed by atoms with E-state index in [1.54, 1.807) is 0 Å². The van der Waals surface area contributed by atoms with Crippen LogP contribution in [0.3, 0.4) is 0 Å². The van der Waals surface area contributed by atoms with Gasteiger partial charge in [0.25, 0.3) is 0 Å². The standard InChI is InChI=1S/C28H28BrF2N3O4S/c1-18(23-16-26(31)24(29)17-25(23)30)32-27(35)28(36)33-21-7-9-22(10-8-21)39(37,38)34-13-11-20(12-14-34)15-19-5-3-2-4-6-19/h2-10,16-18,20H,11-15H2,1H3,(H,32,35)(H,33,36). The second-order valence-corrected chi connectivity index (χ2v) is 12.3. The van der Waals surface area contributed by atoms with Gasteiger partial charge < -0.3 is 10.6 Å². The SMILES string of the molecule is CC(NC(=O)C(=O)Nc1ccc(S(=O)(=O)N2CCC(Cc3ccccc3)CC2)cc1)c1cc(F)c(Br)cc1F. The molecular weight excluding hydrogens is 592 g/mol. The number of carbonyl (C=O) groups is 2. The second-order valence-electron chi connectivity index (χ2n) is 9.50. The van der Waals surface area contributed by atoms with Gasteiger partial charge >= 0.3 is 11.8 Å². The lowest BCUT2D eigenvalue weighted by atomic mass is 9.91. The smallest absolute Gasteiger partial charge is 0.313 e. The number of amides is 2. The third kappa shape index (κ3) is 7.09. The number of sulfonamides is 1. The molecule has 1 unspecified atom stereocenters. The highest BCUT2D eigenvalue weighted by atomic mass is 79.9. The van der Waals surface area contributed by atoms with Crippen molar-refractivity contribution in [2.24, 2.45) is 5.92 Å². The summed E-state index contributed by atoms with van der Waals surface area (Å²) < 4.78 is 55.6. The van der Waals surface area contributed by atoms with Crippen molar-refractivity contribution < 1.29 is 26.8 Å². The van der Waals surface area contributed by atoms with Gasteiger partial charge in [-0.05, 0) is 90.0 Å². The third-order valence-corrected chi connectivity index (χ3v) is 9.27. The molecule has 4 rings (SSSR count). The Bertz CT molecular complexity index is 1450. The predicted molar refractivity (Wildman–Crippen MR) is 147 cm³/mol. The zero-order valence-corrected chi connectivity index (χ0v) is 23.6. The number of piperidine rings is 1. The van der Waals surface area contributed by atoms with E-state index in [4.69, 9.17) is 0 Å². The minimum Gasteiger partial charge on any atom is -0.341 e. The highest BCUT2D eigenvalue weighted by molar-refractivity contribution is 9.10. The monoisotopic (exact) mass is 619 g/mol. The van der Waals surface area contributed by atoms with E-state index in [1.807, 2.05) is 18.2 Å². The summed E-state index contributed by atoms with van der Waals surface area (Å²) in [6.07, 6.45) is 2.46. The highest BCUT2D eigenvalue weighted by Gasteiger charge is 2.29. The Morgan fingerprint density at radius 2 is 1.62 bits per heavy atom. The van der Waals surface area contributed by atoms with E-state index in [-0.39, 0.29) is 20.6 Å². The van der Waals surface area contributed by atoms with Gasteiger partial charge in [0.05, 0.1) is 15.4 Å².